The summed E-state index contributed by atoms with van der Waals surface area (Å²) in [7, 11) is 0. The molecule has 2 heteroatoms. The second-order valence-corrected chi connectivity index (χ2v) is 7.45. The minimum atomic E-state index is 0.305. The summed E-state index contributed by atoms with van der Waals surface area (Å²) in [6.45, 7) is 5.85. The van der Waals surface area contributed by atoms with Crippen LogP contribution in [0, 0.1) is 23.2 Å². The van der Waals surface area contributed by atoms with Gasteiger partial charge in [-0.3, -0.25) is 0 Å². The maximum Gasteiger partial charge on any atom is 0.0416 e. The zero-order valence-corrected chi connectivity index (χ0v) is 11.3. The number of fused-ring (bicyclic) bond motifs is 2. The summed E-state index contributed by atoms with van der Waals surface area (Å²) < 4.78 is 0. The van der Waals surface area contributed by atoms with Crippen molar-refractivity contribution < 1.29 is 0 Å². The van der Waals surface area contributed by atoms with E-state index in [1.807, 2.05) is 0 Å². The van der Waals surface area contributed by atoms with Gasteiger partial charge in [-0.1, -0.05) is 20.3 Å². The summed E-state index contributed by atoms with van der Waals surface area (Å²) in [6.07, 6.45) is 7.20. The molecule has 1 N–H and O–H groups in total. The molecule has 0 aromatic heterocycles. The zero-order chi connectivity index (χ0) is 11.3. The molecule has 5 unspecified atom stereocenters. The molecule has 1 nitrogen and oxygen atoms in total. The predicted molar refractivity (Wildman–Crippen MR) is 68.8 cm³/mol. The maximum atomic E-state index is 6.25. The molecule has 3 aliphatic carbocycles. The molecule has 5 atom stereocenters. The van der Waals surface area contributed by atoms with Crippen LogP contribution in [0.2, 0.25) is 0 Å². The van der Waals surface area contributed by atoms with Gasteiger partial charge in [-0.2, -0.15) is 0 Å². The van der Waals surface area contributed by atoms with Gasteiger partial charge in [0, 0.05) is 11.4 Å². The minimum absolute atomic E-state index is 0.305. The number of hydrogen-bond acceptors (Lipinski definition) is 1. The lowest BCUT2D eigenvalue weighted by Gasteiger charge is -2.50. The van der Waals surface area contributed by atoms with E-state index in [9.17, 15) is 0 Å². The van der Waals surface area contributed by atoms with Crippen molar-refractivity contribution in [1.82, 2.24) is 5.32 Å². The quantitative estimate of drug-likeness (QED) is 0.747. The topological polar surface area (TPSA) is 12.0 Å². The molecule has 0 spiro atoms. The van der Waals surface area contributed by atoms with Gasteiger partial charge in [0.1, 0.15) is 0 Å². The molecule has 0 aliphatic heterocycles. The molecule has 16 heavy (non-hydrogen) atoms. The lowest BCUT2D eigenvalue weighted by atomic mass is 9.66. The Hall–Kier alpha value is 0.250. The summed E-state index contributed by atoms with van der Waals surface area (Å²) >= 11 is 6.25. The Kier molecular flexibility index (Phi) is 2.75. The van der Waals surface area contributed by atoms with Gasteiger partial charge in [-0.15, -0.1) is 11.6 Å². The smallest absolute Gasteiger partial charge is 0.0416 e. The lowest BCUT2D eigenvalue weighted by Crippen LogP contribution is -2.58. The molecule has 0 radical (unpaired) electrons. The maximum absolute atomic E-state index is 6.25. The fourth-order valence-electron chi connectivity index (χ4n) is 4.14. The first-order valence-corrected chi connectivity index (χ1v) is 7.38. The van der Waals surface area contributed by atoms with Gasteiger partial charge in [0.05, 0.1) is 0 Å². The molecule has 3 fully saturated rings. The van der Waals surface area contributed by atoms with Crippen LogP contribution in [0.15, 0.2) is 0 Å². The third kappa shape index (κ3) is 1.71. The van der Waals surface area contributed by atoms with Crippen molar-refractivity contribution in [2.75, 3.05) is 6.54 Å². The van der Waals surface area contributed by atoms with Crippen molar-refractivity contribution in [2.45, 2.75) is 57.4 Å². The summed E-state index contributed by atoms with van der Waals surface area (Å²) in [5.74, 6) is 3.10. The van der Waals surface area contributed by atoms with Crippen molar-refractivity contribution in [2.24, 2.45) is 23.2 Å². The summed E-state index contributed by atoms with van der Waals surface area (Å²) in [6, 6.07) is 0.661. The van der Waals surface area contributed by atoms with Gasteiger partial charge in [-0.25, -0.2) is 0 Å². The van der Waals surface area contributed by atoms with E-state index >= 15 is 0 Å². The predicted octanol–water partition coefficient (Wildman–Crippen LogP) is 3.42. The monoisotopic (exact) mass is 241 g/mol. The van der Waals surface area contributed by atoms with Crippen molar-refractivity contribution in [3.8, 4) is 0 Å². The standard InChI is InChI=1S/C14H24ClN/c1-14(2)12(15)7-13(14)16-8-11-6-9-3-4-10(11)5-9/h9-13,16H,3-8H2,1-2H3. The number of hydrogen-bond donors (Lipinski definition) is 1. The van der Waals surface area contributed by atoms with Gasteiger partial charge in [0.25, 0.3) is 0 Å². The highest BCUT2D eigenvalue weighted by Gasteiger charge is 2.47. The van der Waals surface area contributed by atoms with Gasteiger partial charge in [0.15, 0.2) is 0 Å². The lowest BCUT2D eigenvalue weighted by molar-refractivity contribution is 0.108. The molecule has 0 saturated heterocycles. The van der Waals surface area contributed by atoms with E-state index in [-0.39, 0.29) is 0 Å². The number of halogens is 1. The Morgan fingerprint density at radius 3 is 2.50 bits per heavy atom. The van der Waals surface area contributed by atoms with Crippen LogP contribution >= 0.6 is 11.6 Å². The zero-order valence-electron chi connectivity index (χ0n) is 10.5. The molecule has 3 aliphatic rings. The highest BCUT2D eigenvalue weighted by Crippen LogP contribution is 2.49. The third-order valence-corrected chi connectivity index (χ3v) is 6.40. The van der Waals surface area contributed by atoms with E-state index in [1.54, 1.807) is 0 Å². The number of alkyl halides is 1. The SMILES string of the molecule is CC1(C)C(Cl)CC1NCC1CC2CCC1C2. The fraction of sp³-hybridized carbons (Fsp3) is 1.00. The highest BCUT2D eigenvalue weighted by molar-refractivity contribution is 6.21. The molecular formula is C14H24ClN. The molecule has 0 heterocycles. The van der Waals surface area contributed by atoms with E-state index in [0.717, 1.165) is 24.2 Å². The van der Waals surface area contributed by atoms with Gasteiger partial charge in [0.2, 0.25) is 0 Å². The van der Waals surface area contributed by atoms with Crippen LogP contribution in [-0.4, -0.2) is 18.0 Å². The van der Waals surface area contributed by atoms with Crippen molar-refractivity contribution in [3.63, 3.8) is 0 Å². The second kappa shape index (κ2) is 3.88. The molecule has 92 valence electrons. The largest absolute Gasteiger partial charge is 0.313 e. The number of rotatable bonds is 3. The first kappa shape index (κ1) is 11.3. The molecule has 3 rings (SSSR count). The van der Waals surface area contributed by atoms with E-state index in [0.29, 0.717) is 16.8 Å². The van der Waals surface area contributed by atoms with Crippen molar-refractivity contribution >= 4 is 11.6 Å². The first-order chi connectivity index (χ1) is 7.57. The van der Waals surface area contributed by atoms with Crippen LogP contribution < -0.4 is 5.32 Å². The average Bonchev–Trinajstić information content (AvgIpc) is 2.85. The summed E-state index contributed by atoms with van der Waals surface area (Å²) in [5, 5.41) is 4.16. The fourth-order valence-corrected chi connectivity index (χ4v) is 4.47. The third-order valence-electron chi connectivity index (χ3n) is 5.66. The van der Waals surface area contributed by atoms with Crippen molar-refractivity contribution in [3.05, 3.63) is 0 Å². The Labute approximate surface area is 104 Å². The van der Waals surface area contributed by atoms with Crippen LogP contribution in [0.4, 0.5) is 0 Å². The Morgan fingerprint density at radius 1 is 1.19 bits per heavy atom. The summed E-state index contributed by atoms with van der Waals surface area (Å²) in [5.41, 5.74) is 0.305. The summed E-state index contributed by atoms with van der Waals surface area (Å²) in [4.78, 5) is 0. The first-order valence-electron chi connectivity index (χ1n) is 6.95. The van der Waals surface area contributed by atoms with E-state index in [1.165, 1.54) is 32.2 Å². The van der Waals surface area contributed by atoms with Crippen LogP contribution in [0.3, 0.4) is 0 Å². The highest BCUT2D eigenvalue weighted by atomic mass is 35.5. The minimum Gasteiger partial charge on any atom is -0.313 e. The van der Waals surface area contributed by atoms with Gasteiger partial charge < -0.3 is 5.32 Å². The molecule has 0 aromatic rings. The van der Waals surface area contributed by atoms with Gasteiger partial charge in [-0.05, 0) is 55.4 Å². The van der Waals surface area contributed by atoms with Crippen LogP contribution in [0.1, 0.15) is 46.0 Å². The Morgan fingerprint density at radius 2 is 2.00 bits per heavy atom. The molecule has 2 bridgehead atoms. The van der Waals surface area contributed by atoms with Crippen molar-refractivity contribution in [1.29, 1.82) is 0 Å². The molecule has 0 aromatic carbocycles. The number of nitrogens with one attached hydrogen (secondary N) is 1. The molecule has 3 saturated carbocycles. The van der Waals surface area contributed by atoms with Crippen LogP contribution in [0.25, 0.3) is 0 Å². The molecule has 0 amide bonds. The van der Waals surface area contributed by atoms with E-state index in [4.69, 9.17) is 11.6 Å². The van der Waals surface area contributed by atoms with Crippen LogP contribution in [0.5, 0.6) is 0 Å². The Balaban J connectivity index is 1.48. The Bertz CT molecular complexity index is 274. The second-order valence-electron chi connectivity index (χ2n) is 6.92. The van der Waals surface area contributed by atoms with Gasteiger partial charge >= 0.3 is 0 Å². The average molecular weight is 242 g/mol. The molecular weight excluding hydrogens is 218 g/mol. The van der Waals surface area contributed by atoms with E-state index in [2.05, 4.69) is 19.2 Å². The van der Waals surface area contributed by atoms with Crippen LogP contribution in [-0.2, 0) is 0 Å². The van der Waals surface area contributed by atoms with E-state index < -0.39 is 0 Å². The normalized spacial score (nSPS) is 49.3.